The number of carbonyl (C=O) groups is 6. The van der Waals surface area contributed by atoms with Gasteiger partial charge in [0.2, 0.25) is 5.91 Å². The SMILES string of the molecule is CC(=O)CCS[C@@]1(c2ccccc2)CC(C(C)=O)=C2N(C1=O)[C@@H]1[C@@H](OC(C)=O)[C@@H]([C@@H](COC(C)=O)OC(C)=O)O[C@@H]1N2c1ccccc1. The molecular weight excluding hydrogens is 640 g/mol. The van der Waals surface area contributed by atoms with Gasteiger partial charge in [0.05, 0.1) is 0 Å². The quantitative estimate of drug-likeness (QED) is 0.239. The van der Waals surface area contributed by atoms with Crippen molar-refractivity contribution in [1.82, 2.24) is 4.90 Å². The Morgan fingerprint density at radius 3 is 2.10 bits per heavy atom. The molecule has 1 amide bonds. The van der Waals surface area contributed by atoms with E-state index in [0.717, 1.165) is 0 Å². The molecule has 5 rings (SSSR count). The molecule has 2 saturated heterocycles. The van der Waals surface area contributed by atoms with Gasteiger partial charge in [-0.05, 0) is 31.5 Å². The number of nitrogens with zero attached hydrogens (tertiary/aromatic N) is 2. The lowest BCUT2D eigenvalue weighted by molar-refractivity contribution is -0.175. The number of Topliss-reactive ketones (excluding diaryl/α,β-unsaturated/α-hetero) is 2. The summed E-state index contributed by atoms with van der Waals surface area (Å²) in [5, 5.41) is 0. The largest absolute Gasteiger partial charge is 0.462 e. The van der Waals surface area contributed by atoms with E-state index in [0.29, 0.717) is 28.4 Å². The zero-order chi connectivity index (χ0) is 34.7. The minimum atomic E-state index is -1.33. The summed E-state index contributed by atoms with van der Waals surface area (Å²) in [6.07, 6.45) is -4.37. The molecule has 12 nitrogen and oxygen atoms in total. The Morgan fingerprint density at radius 1 is 0.896 bits per heavy atom. The Kier molecular flexibility index (Phi) is 10.4. The van der Waals surface area contributed by atoms with Gasteiger partial charge in [-0.2, -0.15) is 0 Å². The highest BCUT2D eigenvalue weighted by atomic mass is 32.2. The summed E-state index contributed by atoms with van der Waals surface area (Å²) in [6, 6.07) is 17.1. The van der Waals surface area contributed by atoms with Crippen LogP contribution in [0.5, 0.6) is 0 Å². The zero-order valence-corrected chi connectivity index (χ0v) is 28.2. The van der Waals surface area contributed by atoms with Crippen molar-refractivity contribution in [3.8, 4) is 0 Å². The number of amides is 1. The molecular formula is C35H38N2O10S. The number of ether oxygens (including phenoxy) is 4. The van der Waals surface area contributed by atoms with E-state index < -0.39 is 59.8 Å². The first kappa shape index (κ1) is 34.8. The van der Waals surface area contributed by atoms with Gasteiger partial charge >= 0.3 is 17.9 Å². The first-order valence-corrected chi connectivity index (χ1v) is 16.6. The van der Waals surface area contributed by atoms with E-state index in [1.807, 2.05) is 24.3 Å². The van der Waals surface area contributed by atoms with Crippen molar-refractivity contribution in [2.24, 2.45) is 0 Å². The van der Waals surface area contributed by atoms with Gasteiger partial charge in [-0.15, -0.1) is 11.8 Å². The molecule has 0 aliphatic carbocycles. The molecule has 0 N–H and O–H groups in total. The van der Waals surface area contributed by atoms with Crippen molar-refractivity contribution in [2.75, 3.05) is 17.3 Å². The second-order valence-electron chi connectivity index (χ2n) is 11.9. The van der Waals surface area contributed by atoms with Crippen LogP contribution in [0.2, 0.25) is 0 Å². The normalized spacial score (nSPS) is 25.2. The van der Waals surface area contributed by atoms with E-state index in [1.54, 1.807) is 41.3 Å². The van der Waals surface area contributed by atoms with Crippen molar-refractivity contribution < 1.29 is 47.7 Å². The summed E-state index contributed by atoms with van der Waals surface area (Å²) in [6.45, 7) is 6.13. The van der Waals surface area contributed by atoms with Crippen LogP contribution >= 0.6 is 11.8 Å². The topological polar surface area (TPSA) is 146 Å². The van der Waals surface area contributed by atoms with Crippen LogP contribution in [0.4, 0.5) is 5.69 Å². The summed E-state index contributed by atoms with van der Waals surface area (Å²) in [4.78, 5) is 80.9. The number of benzene rings is 2. The van der Waals surface area contributed by atoms with E-state index in [1.165, 1.54) is 51.3 Å². The average molecular weight is 679 g/mol. The van der Waals surface area contributed by atoms with Crippen LogP contribution < -0.4 is 4.90 Å². The van der Waals surface area contributed by atoms with Gasteiger partial charge in [0.1, 0.15) is 35.1 Å². The molecule has 3 aliphatic rings. The van der Waals surface area contributed by atoms with Crippen molar-refractivity contribution in [3.05, 3.63) is 77.6 Å². The summed E-state index contributed by atoms with van der Waals surface area (Å²) in [5.74, 6) is -2.10. The van der Waals surface area contributed by atoms with Crippen LogP contribution in [0.15, 0.2) is 72.1 Å². The third kappa shape index (κ3) is 6.74. The van der Waals surface area contributed by atoms with Crippen LogP contribution in [0.25, 0.3) is 0 Å². The molecule has 2 aromatic carbocycles. The molecule has 2 fully saturated rings. The lowest BCUT2D eigenvalue weighted by Crippen LogP contribution is -2.56. The molecule has 0 aromatic heterocycles. The van der Waals surface area contributed by atoms with Gasteiger partial charge in [0, 0.05) is 50.6 Å². The smallest absolute Gasteiger partial charge is 0.303 e. The van der Waals surface area contributed by atoms with Crippen LogP contribution in [-0.4, -0.2) is 83.2 Å². The van der Waals surface area contributed by atoms with Crippen molar-refractivity contribution in [3.63, 3.8) is 0 Å². The molecule has 0 spiro atoms. The minimum absolute atomic E-state index is 0.0343. The summed E-state index contributed by atoms with van der Waals surface area (Å²) in [7, 11) is 0. The summed E-state index contributed by atoms with van der Waals surface area (Å²) in [5.41, 5.74) is 1.59. The Bertz CT molecular complexity index is 1630. The summed E-state index contributed by atoms with van der Waals surface area (Å²) >= 11 is 1.29. The van der Waals surface area contributed by atoms with Crippen LogP contribution in [0, 0.1) is 0 Å². The van der Waals surface area contributed by atoms with Gasteiger partial charge in [0.25, 0.3) is 0 Å². The first-order valence-electron chi connectivity index (χ1n) is 15.6. The van der Waals surface area contributed by atoms with Crippen molar-refractivity contribution in [1.29, 1.82) is 0 Å². The fourth-order valence-corrected chi connectivity index (χ4v) is 8.04. The van der Waals surface area contributed by atoms with E-state index >= 15 is 4.79 Å². The standard InChI is InChI=1S/C35H38N2O10S/c1-20(38)16-17-48-35(25-12-8-6-9-13-25)18-27(21(2)39)32-36(26-14-10-7-11-15-26)33-29(37(32)34(35)43)31(46-24(5)42)30(47-33)28(45-23(4)41)19-44-22(3)40/h6-15,28-31,33H,16-19H2,1-5H3/t28-,29-,30-,31-,33+,35-/m1/s1. The third-order valence-corrected chi connectivity index (χ3v) is 9.91. The number of anilines is 1. The lowest BCUT2D eigenvalue weighted by atomic mass is 9.84. The summed E-state index contributed by atoms with van der Waals surface area (Å²) < 4.78 is 21.9. The zero-order valence-electron chi connectivity index (χ0n) is 27.4. The molecule has 0 radical (unpaired) electrons. The van der Waals surface area contributed by atoms with Gasteiger partial charge < -0.3 is 18.9 Å². The van der Waals surface area contributed by atoms with Gasteiger partial charge in [-0.25, -0.2) is 0 Å². The number of rotatable bonds is 12. The molecule has 3 aliphatic heterocycles. The highest BCUT2D eigenvalue weighted by Gasteiger charge is 2.66. The minimum Gasteiger partial charge on any atom is -0.462 e. The van der Waals surface area contributed by atoms with E-state index in [-0.39, 0.29) is 30.3 Å². The maximum absolute atomic E-state index is 15.3. The highest BCUT2D eigenvalue weighted by Crippen LogP contribution is 2.55. The Labute approximate surface area is 282 Å². The van der Waals surface area contributed by atoms with Crippen molar-refractivity contribution in [2.45, 2.75) is 82.8 Å². The number of allylic oxidation sites excluding steroid dienone is 1. The molecule has 0 bridgehead atoms. The van der Waals surface area contributed by atoms with E-state index in [2.05, 4.69) is 0 Å². The molecule has 0 unspecified atom stereocenters. The van der Waals surface area contributed by atoms with Crippen LogP contribution in [-0.2, 0) is 52.5 Å². The highest BCUT2D eigenvalue weighted by molar-refractivity contribution is 8.01. The van der Waals surface area contributed by atoms with Crippen LogP contribution in [0.1, 0.15) is 53.0 Å². The second-order valence-corrected chi connectivity index (χ2v) is 13.3. The van der Waals surface area contributed by atoms with Gasteiger partial charge in [-0.3, -0.25) is 38.6 Å². The predicted octanol–water partition coefficient (Wildman–Crippen LogP) is 3.67. The fraction of sp³-hybridized carbons (Fsp3) is 0.429. The Hall–Kier alpha value is -4.49. The third-order valence-electron chi connectivity index (χ3n) is 8.46. The first-order chi connectivity index (χ1) is 22.9. The van der Waals surface area contributed by atoms with Gasteiger partial charge in [-0.1, -0.05) is 48.5 Å². The number of fused-ring (bicyclic) bond motifs is 3. The second kappa shape index (κ2) is 14.3. The van der Waals surface area contributed by atoms with E-state index in [4.69, 9.17) is 18.9 Å². The number of thioether (sulfide) groups is 1. The van der Waals surface area contributed by atoms with Crippen LogP contribution in [0.3, 0.4) is 0 Å². The Morgan fingerprint density at radius 2 is 1.54 bits per heavy atom. The number of carbonyl (C=O) groups excluding carboxylic acids is 6. The molecule has 13 heteroatoms. The maximum Gasteiger partial charge on any atom is 0.303 e. The monoisotopic (exact) mass is 678 g/mol. The molecule has 48 heavy (non-hydrogen) atoms. The maximum atomic E-state index is 15.3. The lowest BCUT2D eigenvalue weighted by Gasteiger charge is -2.44. The number of hydrogen-bond acceptors (Lipinski definition) is 12. The Balaban J connectivity index is 1.74. The molecule has 3 heterocycles. The number of ketones is 2. The molecule has 2 aromatic rings. The van der Waals surface area contributed by atoms with Crippen molar-refractivity contribution >= 4 is 52.8 Å². The van der Waals surface area contributed by atoms with E-state index in [9.17, 15) is 24.0 Å². The predicted molar refractivity (Wildman–Crippen MR) is 174 cm³/mol. The number of para-hydroxylation sites is 1. The number of esters is 3. The molecule has 6 atom stereocenters. The van der Waals surface area contributed by atoms with Gasteiger partial charge in [0.15, 0.2) is 24.2 Å². The average Bonchev–Trinajstić information content (AvgIpc) is 3.55. The molecule has 254 valence electrons. The molecule has 0 saturated carbocycles. The fourth-order valence-electron chi connectivity index (χ4n) is 6.54. The number of hydrogen-bond donors (Lipinski definition) is 0.